The van der Waals surface area contributed by atoms with Crippen LogP contribution in [0.1, 0.15) is 132 Å². The number of aliphatic hydroxyl groups is 1. The highest BCUT2D eigenvalue weighted by Crippen LogP contribution is 2.67. The number of aliphatic hydroxyl groups excluding tert-OH is 1. The maximum absolute atomic E-state index is 10.4. The van der Waals surface area contributed by atoms with Gasteiger partial charge in [-0.15, -0.1) is 0 Å². The van der Waals surface area contributed by atoms with Gasteiger partial charge in [-0.05, 0) is 111 Å². The van der Waals surface area contributed by atoms with Crippen molar-refractivity contribution in [3.8, 4) is 0 Å². The van der Waals surface area contributed by atoms with E-state index < -0.39 is 0 Å². The molecular weight excluding hydrogens is 378 g/mol. The third-order valence-electron chi connectivity index (χ3n) is 10.7. The van der Waals surface area contributed by atoms with Gasteiger partial charge in [-0.2, -0.15) is 0 Å². The summed E-state index contributed by atoms with van der Waals surface area (Å²) < 4.78 is 0. The van der Waals surface area contributed by atoms with Gasteiger partial charge in [0, 0.05) is 0 Å². The number of hydrogen-bond donors (Lipinski definition) is 2. The van der Waals surface area contributed by atoms with Crippen LogP contribution in [0.15, 0.2) is 0 Å². The number of unbranched alkanes of at least 4 members (excludes halogenated alkanes) is 1. The lowest BCUT2D eigenvalue weighted by atomic mass is 9.50. The summed E-state index contributed by atoms with van der Waals surface area (Å²) in [6, 6.07) is 0. The van der Waals surface area contributed by atoms with Gasteiger partial charge in [-0.1, -0.05) is 67.7 Å². The van der Waals surface area contributed by atoms with Crippen LogP contribution in [0, 0.1) is 39.9 Å². The number of fused-ring (bicyclic) bond motifs is 1. The molecular formula is C29H57NO. The van der Waals surface area contributed by atoms with Gasteiger partial charge in [-0.3, -0.25) is 0 Å². The van der Waals surface area contributed by atoms with E-state index in [0.717, 1.165) is 37.1 Å². The van der Waals surface area contributed by atoms with Crippen LogP contribution in [0.25, 0.3) is 0 Å². The van der Waals surface area contributed by atoms with E-state index in [9.17, 15) is 5.11 Å². The van der Waals surface area contributed by atoms with Gasteiger partial charge in [0.05, 0.1) is 6.10 Å². The highest BCUT2D eigenvalue weighted by Gasteiger charge is 2.58. The Labute approximate surface area is 195 Å². The van der Waals surface area contributed by atoms with Gasteiger partial charge >= 0.3 is 0 Å². The van der Waals surface area contributed by atoms with Crippen molar-refractivity contribution in [3.05, 3.63) is 0 Å². The molecule has 2 nitrogen and oxygen atoms in total. The first-order chi connectivity index (χ1) is 14.7. The third-order valence-corrected chi connectivity index (χ3v) is 10.7. The summed E-state index contributed by atoms with van der Waals surface area (Å²) in [5.74, 6) is 3.26. The number of nitrogens with two attached hydrogens (primary N) is 1. The minimum atomic E-state index is -0.0623. The van der Waals surface area contributed by atoms with Crippen molar-refractivity contribution >= 4 is 0 Å². The Morgan fingerprint density at radius 2 is 1.58 bits per heavy atom. The second-order valence-electron chi connectivity index (χ2n) is 12.4. The van der Waals surface area contributed by atoms with Gasteiger partial charge in [0.15, 0.2) is 0 Å². The second kappa shape index (κ2) is 11.4. The average molecular weight is 436 g/mol. The zero-order valence-electron chi connectivity index (χ0n) is 22.3. The predicted molar refractivity (Wildman–Crippen MR) is 136 cm³/mol. The minimum Gasteiger partial charge on any atom is -0.393 e. The highest BCUT2D eigenvalue weighted by molar-refractivity contribution is 5.08. The summed E-state index contributed by atoms with van der Waals surface area (Å²) in [6.07, 6.45) is 17.0. The summed E-state index contributed by atoms with van der Waals surface area (Å²) in [5.41, 5.74) is 7.22. The first-order valence-corrected chi connectivity index (χ1v) is 14.1. The number of rotatable bonds is 8. The van der Waals surface area contributed by atoms with Gasteiger partial charge in [-0.25, -0.2) is 0 Å². The zero-order valence-corrected chi connectivity index (χ0v) is 22.3. The Morgan fingerprint density at radius 1 is 0.903 bits per heavy atom. The van der Waals surface area contributed by atoms with Crippen LogP contribution >= 0.6 is 0 Å². The van der Waals surface area contributed by atoms with Crippen LogP contribution in [-0.2, 0) is 0 Å². The Morgan fingerprint density at radius 3 is 2.23 bits per heavy atom. The molecule has 7 atom stereocenters. The van der Waals surface area contributed by atoms with Crippen molar-refractivity contribution in [2.24, 2.45) is 45.7 Å². The molecule has 0 aromatic carbocycles. The summed E-state index contributed by atoms with van der Waals surface area (Å²) in [5, 5.41) is 10.4. The molecule has 0 heterocycles. The first kappa shape index (κ1) is 27.2. The third kappa shape index (κ3) is 5.53. The van der Waals surface area contributed by atoms with Gasteiger partial charge in [0.2, 0.25) is 0 Å². The molecule has 0 aromatic rings. The first-order valence-electron chi connectivity index (χ1n) is 14.1. The fraction of sp³-hybridized carbons (Fsp3) is 1.00. The fourth-order valence-corrected chi connectivity index (χ4v) is 8.38. The number of hydrogen-bond acceptors (Lipinski definition) is 2. The van der Waals surface area contributed by atoms with Gasteiger partial charge < -0.3 is 10.8 Å². The topological polar surface area (TPSA) is 46.2 Å². The summed E-state index contributed by atoms with van der Waals surface area (Å²) >= 11 is 0. The lowest BCUT2D eigenvalue weighted by Gasteiger charge is -2.55. The van der Waals surface area contributed by atoms with E-state index >= 15 is 0 Å². The molecule has 5 unspecified atom stereocenters. The molecule has 0 saturated heterocycles. The molecule has 3 fully saturated rings. The molecule has 0 radical (unpaired) electrons. The Bertz CT molecular complexity index is 531. The Hall–Kier alpha value is -0.0800. The quantitative estimate of drug-likeness (QED) is 0.380. The molecule has 3 saturated carbocycles. The van der Waals surface area contributed by atoms with Crippen LogP contribution in [0.4, 0.5) is 0 Å². The normalized spacial score (nSPS) is 40.5. The van der Waals surface area contributed by atoms with Crippen molar-refractivity contribution in [1.29, 1.82) is 0 Å². The van der Waals surface area contributed by atoms with Gasteiger partial charge in [0.1, 0.15) is 0 Å². The van der Waals surface area contributed by atoms with Crippen molar-refractivity contribution in [3.63, 3.8) is 0 Å². The lowest BCUT2D eigenvalue weighted by molar-refractivity contribution is -0.0634. The zero-order chi connectivity index (χ0) is 23.3. The van der Waals surface area contributed by atoms with E-state index in [2.05, 4.69) is 34.6 Å². The summed E-state index contributed by atoms with van der Waals surface area (Å²) in [6.45, 7) is 17.5. The molecule has 0 spiro atoms. The Kier molecular flexibility index (Phi) is 9.96. The summed E-state index contributed by atoms with van der Waals surface area (Å²) in [7, 11) is 0. The van der Waals surface area contributed by atoms with Crippen molar-refractivity contribution in [2.45, 2.75) is 138 Å². The van der Waals surface area contributed by atoms with Crippen LogP contribution in [0.3, 0.4) is 0 Å². The van der Waals surface area contributed by atoms with Crippen LogP contribution in [0.5, 0.6) is 0 Å². The van der Waals surface area contributed by atoms with Crippen LogP contribution in [0.2, 0.25) is 0 Å². The molecule has 31 heavy (non-hydrogen) atoms. The largest absolute Gasteiger partial charge is 0.393 e. The second-order valence-corrected chi connectivity index (χ2v) is 12.4. The summed E-state index contributed by atoms with van der Waals surface area (Å²) in [4.78, 5) is 0. The highest BCUT2D eigenvalue weighted by atomic mass is 16.3. The molecule has 3 rings (SSSR count). The van der Waals surface area contributed by atoms with Gasteiger partial charge in [0.25, 0.3) is 0 Å². The van der Waals surface area contributed by atoms with Crippen molar-refractivity contribution < 1.29 is 5.11 Å². The molecule has 0 aliphatic heterocycles. The maximum Gasteiger partial charge on any atom is 0.0543 e. The molecule has 3 aliphatic carbocycles. The SMILES string of the molecule is CC.CC[C@@H](CC1CCCC2(C)C(CCCCN)CCC12C)C1C[C@H](O)CCC1(C)C. The lowest BCUT2D eigenvalue weighted by Crippen LogP contribution is -2.47. The van der Waals surface area contributed by atoms with E-state index in [4.69, 9.17) is 5.73 Å². The smallest absolute Gasteiger partial charge is 0.0543 e. The van der Waals surface area contributed by atoms with E-state index in [1.165, 1.54) is 70.6 Å². The molecule has 3 aliphatic rings. The standard InChI is InChI=1S/C27H51NO.C2H6/c1-6-20(24-19-23(29)13-15-25(24,2)3)18-22-11-9-14-26(4)21(10-7-8-17-28)12-16-27(22,26)5;1-2/h20-24,29H,6-19,28H2,1-5H3;1-2H3/t20-,21?,22?,23+,24?,26?,27?;/m0./s1. The minimum absolute atomic E-state index is 0.0623. The van der Waals surface area contributed by atoms with Crippen LogP contribution < -0.4 is 5.73 Å². The van der Waals surface area contributed by atoms with E-state index in [1.807, 2.05) is 13.8 Å². The van der Waals surface area contributed by atoms with Crippen molar-refractivity contribution in [2.75, 3.05) is 6.54 Å². The maximum atomic E-state index is 10.4. The van der Waals surface area contributed by atoms with Crippen LogP contribution in [-0.4, -0.2) is 17.8 Å². The van der Waals surface area contributed by atoms with E-state index in [1.54, 1.807) is 0 Å². The molecule has 0 bridgehead atoms. The average Bonchev–Trinajstić information content (AvgIpc) is 3.01. The van der Waals surface area contributed by atoms with E-state index in [-0.39, 0.29) is 6.10 Å². The predicted octanol–water partition coefficient (Wildman–Crippen LogP) is 7.97. The Balaban J connectivity index is 0.00000166. The molecule has 184 valence electrons. The van der Waals surface area contributed by atoms with Crippen molar-refractivity contribution in [1.82, 2.24) is 0 Å². The monoisotopic (exact) mass is 435 g/mol. The molecule has 0 amide bonds. The van der Waals surface area contributed by atoms with E-state index in [0.29, 0.717) is 22.2 Å². The molecule has 3 N–H and O–H groups in total. The molecule has 0 aromatic heterocycles. The fourth-order valence-electron chi connectivity index (χ4n) is 8.38. The molecule has 2 heteroatoms.